The van der Waals surface area contributed by atoms with Crippen LogP contribution in [-0.4, -0.2) is 45.5 Å². The average Bonchev–Trinajstić information content (AvgIpc) is 3.32. The SMILES string of the molecule is O=C(OCC(=O)N(c1ccccc1)[C@H]1C=CS(=O)(=O)C1)c1ccc2c(c1)OCO2. The molecule has 1 atom stereocenters. The van der Waals surface area contributed by atoms with Crippen LogP contribution in [0.5, 0.6) is 11.5 Å². The topological polar surface area (TPSA) is 99.2 Å². The molecule has 0 saturated carbocycles. The van der Waals surface area contributed by atoms with E-state index < -0.39 is 34.4 Å². The number of carbonyl (C=O) groups excluding carboxylic acids is 2. The number of fused-ring (bicyclic) bond motifs is 1. The molecule has 2 heterocycles. The number of nitrogens with zero attached hydrogens (tertiary/aromatic N) is 1. The Hall–Kier alpha value is -3.33. The zero-order valence-electron chi connectivity index (χ0n) is 15.2. The number of carbonyl (C=O) groups is 2. The third-order valence-corrected chi connectivity index (χ3v) is 5.86. The van der Waals surface area contributed by atoms with E-state index in [-0.39, 0.29) is 18.1 Å². The van der Waals surface area contributed by atoms with Crippen molar-refractivity contribution in [1.82, 2.24) is 0 Å². The minimum Gasteiger partial charge on any atom is -0.454 e. The van der Waals surface area contributed by atoms with Gasteiger partial charge in [-0.25, -0.2) is 13.2 Å². The van der Waals surface area contributed by atoms with Gasteiger partial charge in [-0.15, -0.1) is 0 Å². The zero-order valence-corrected chi connectivity index (χ0v) is 16.0. The molecule has 0 aromatic heterocycles. The minimum atomic E-state index is -3.37. The Morgan fingerprint density at radius 1 is 1.07 bits per heavy atom. The molecule has 0 unspecified atom stereocenters. The average molecular weight is 415 g/mol. The largest absolute Gasteiger partial charge is 0.454 e. The van der Waals surface area contributed by atoms with Gasteiger partial charge in [-0.2, -0.15) is 0 Å². The van der Waals surface area contributed by atoms with Crippen molar-refractivity contribution >= 4 is 27.4 Å². The molecule has 4 rings (SSSR count). The fourth-order valence-electron chi connectivity index (χ4n) is 3.13. The van der Waals surface area contributed by atoms with Crippen molar-refractivity contribution in [2.24, 2.45) is 0 Å². The summed E-state index contributed by atoms with van der Waals surface area (Å²) in [7, 11) is -3.37. The first kappa shape index (κ1) is 19.0. The molecule has 150 valence electrons. The molecular weight excluding hydrogens is 398 g/mol. The van der Waals surface area contributed by atoms with Crippen LogP contribution >= 0.6 is 0 Å². The summed E-state index contributed by atoms with van der Waals surface area (Å²) in [6, 6.07) is 12.6. The van der Waals surface area contributed by atoms with Crippen molar-refractivity contribution in [2.75, 3.05) is 24.1 Å². The minimum absolute atomic E-state index is 0.0795. The summed E-state index contributed by atoms with van der Waals surface area (Å²) >= 11 is 0. The molecule has 2 aromatic carbocycles. The second-order valence-corrected chi connectivity index (χ2v) is 8.40. The van der Waals surface area contributed by atoms with Gasteiger partial charge in [-0.3, -0.25) is 4.79 Å². The Bertz CT molecular complexity index is 1080. The van der Waals surface area contributed by atoms with Crippen molar-refractivity contribution < 1.29 is 32.2 Å². The zero-order chi connectivity index (χ0) is 20.4. The molecule has 0 N–H and O–H groups in total. The van der Waals surface area contributed by atoms with Gasteiger partial charge in [0.1, 0.15) is 0 Å². The molecule has 9 heteroatoms. The molecule has 2 aromatic rings. The fraction of sp³-hybridized carbons (Fsp3) is 0.200. The van der Waals surface area contributed by atoms with E-state index in [0.717, 1.165) is 5.41 Å². The summed E-state index contributed by atoms with van der Waals surface area (Å²) in [5.74, 6) is -0.486. The smallest absolute Gasteiger partial charge is 0.338 e. The number of sulfone groups is 1. The highest BCUT2D eigenvalue weighted by Crippen LogP contribution is 2.32. The highest BCUT2D eigenvalue weighted by atomic mass is 32.2. The van der Waals surface area contributed by atoms with Crippen LogP contribution in [0.2, 0.25) is 0 Å². The highest BCUT2D eigenvalue weighted by molar-refractivity contribution is 7.94. The number of benzene rings is 2. The molecule has 29 heavy (non-hydrogen) atoms. The molecule has 0 saturated heterocycles. The molecule has 2 aliphatic rings. The number of ether oxygens (including phenoxy) is 3. The second-order valence-electron chi connectivity index (χ2n) is 6.47. The van der Waals surface area contributed by atoms with Gasteiger partial charge < -0.3 is 19.1 Å². The van der Waals surface area contributed by atoms with Gasteiger partial charge in [0.2, 0.25) is 6.79 Å². The van der Waals surface area contributed by atoms with Gasteiger partial charge in [0, 0.05) is 11.1 Å². The maximum atomic E-state index is 12.8. The highest BCUT2D eigenvalue weighted by Gasteiger charge is 2.32. The van der Waals surface area contributed by atoms with Gasteiger partial charge in [0.15, 0.2) is 27.9 Å². The van der Waals surface area contributed by atoms with Crippen molar-refractivity contribution in [2.45, 2.75) is 6.04 Å². The maximum absolute atomic E-state index is 12.8. The Labute approximate surface area is 167 Å². The number of rotatable bonds is 5. The molecular formula is C20H17NO7S. The first-order chi connectivity index (χ1) is 13.9. The Morgan fingerprint density at radius 3 is 2.55 bits per heavy atom. The molecule has 0 radical (unpaired) electrons. The molecule has 0 aliphatic carbocycles. The Balaban J connectivity index is 1.48. The van der Waals surface area contributed by atoms with E-state index in [4.69, 9.17) is 14.2 Å². The number of esters is 1. The van der Waals surface area contributed by atoms with Crippen LogP contribution in [0.1, 0.15) is 10.4 Å². The summed E-state index contributed by atoms with van der Waals surface area (Å²) in [5.41, 5.74) is 0.736. The van der Waals surface area contributed by atoms with E-state index in [9.17, 15) is 18.0 Å². The molecule has 0 fully saturated rings. The van der Waals surface area contributed by atoms with Crippen molar-refractivity contribution in [3.05, 3.63) is 65.6 Å². The van der Waals surface area contributed by atoms with Crippen molar-refractivity contribution in [3.63, 3.8) is 0 Å². The second kappa shape index (κ2) is 7.59. The Morgan fingerprint density at radius 2 is 1.83 bits per heavy atom. The van der Waals surface area contributed by atoms with Crippen LogP contribution in [0.25, 0.3) is 0 Å². The third-order valence-electron chi connectivity index (χ3n) is 4.48. The van der Waals surface area contributed by atoms with Crippen molar-refractivity contribution in [3.8, 4) is 11.5 Å². The van der Waals surface area contributed by atoms with E-state index in [1.807, 2.05) is 0 Å². The quantitative estimate of drug-likeness (QED) is 0.688. The molecule has 0 spiro atoms. The van der Waals surface area contributed by atoms with Gasteiger partial charge in [0.25, 0.3) is 5.91 Å². The van der Waals surface area contributed by atoms with Gasteiger partial charge >= 0.3 is 5.97 Å². The molecule has 0 bridgehead atoms. The van der Waals surface area contributed by atoms with Crippen LogP contribution in [0.4, 0.5) is 5.69 Å². The van der Waals surface area contributed by atoms with Crippen LogP contribution in [0, 0.1) is 0 Å². The van der Waals surface area contributed by atoms with Crippen LogP contribution in [-0.2, 0) is 19.4 Å². The summed E-state index contributed by atoms with van der Waals surface area (Å²) in [4.78, 5) is 26.5. The van der Waals surface area contributed by atoms with E-state index in [1.165, 1.54) is 23.1 Å². The number of amides is 1. The van der Waals surface area contributed by atoms with Crippen LogP contribution in [0.3, 0.4) is 0 Å². The summed E-state index contributed by atoms with van der Waals surface area (Å²) in [6.45, 7) is -0.456. The summed E-state index contributed by atoms with van der Waals surface area (Å²) in [6.07, 6.45) is 1.46. The monoisotopic (exact) mass is 415 g/mol. The molecule has 1 amide bonds. The van der Waals surface area contributed by atoms with Crippen molar-refractivity contribution in [1.29, 1.82) is 0 Å². The maximum Gasteiger partial charge on any atom is 0.338 e. The van der Waals surface area contributed by atoms with E-state index in [2.05, 4.69) is 0 Å². The first-order valence-electron chi connectivity index (χ1n) is 8.78. The van der Waals surface area contributed by atoms with Crippen LogP contribution < -0.4 is 14.4 Å². The van der Waals surface area contributed by atoms with E-state index in [0.29, 0.717) is 17.2 Å². The predicted octanol–water partition coefficient (Wildman–Crippen LogP) is 1.92. The fourth-order valence-corrected chi connectivity index (χ4v) is 4.40. The normalized spacial score (nSPS) is 18.4. The summed E-state index contributed by atoms with van der Waals surface area (Å²) in [5, 5.41) is 1.10. The third kappa shape index (κ3) is 4.09. The standard InChI is InChI=1S/C20H17NO7S/c22-19(11-26-20(23)14-6-7-17-18(10-14)28-13-27-17)21(15-4-2-1-3-5-15)16-8-9-29(24,25)12-16/h1-10,16H,11-13H2/t16-/m0/s1. The predicted molar refractivity (Wildman–Crippen MR) is 103 cm³/mol. The summed E-state index contributed by atoms with van der Waals surface area (Å²) < 4.78 is 39.2. The molecule has 8 nitrogen and oxygen atoms in total. The molecule has 2 aliphatic heterocycles. The van der Waals surface area contributed by atoms with E-state index in [1.54, 1.807) is 36.4 Å². The first-order valence-corrected chi connectivity index (χ1v) is 10.5. The lowest BCUT2D eigenvalue weighted by molar-refractivity contribution is -0.121. The number of hydrogen-bond donors (Lipinski definition) is 0. The van der Waals surface area contributed by atoms with Gasteiger partial charge in [-0.05, 0) is 36.4 Å². The lowest BCUT2D eigenvalue weighted by Crippen LogP contribution is -2.43. The van der Waals surface area contributed by atoms with E-state index >= 15 is 0 Å². The van der Waals surface area contributed by atoms with Crippen LogP contribution in [0.15, 0.2) is 60.0 Å². The van der Waals surface area contributed by atoms with Gasteiger partial charge in [-0.1, -0.05) is 18.2 Å². The Kier molecular flexibility index (Phi) is 4.98. The lowest BCUT2D eigenvalue weighted by Gasteiger charge is -2.27. The lowest BCUT2D eigenvalue weighted by atomic mass is 10.2. The van der Waals surface area contributed by atoms with Gasteiger partial charge in [0.05, 0.1) is 17.4 Å². The number of hydrogen-bond acceptors (Lipinski definition) is 7. The number of anilines is 1. The number of para-hydroxylation sites is 1.